The van der Waals surface area contributed by atoms with E-state index in [1.54, 1.807) is 27.7 Å². The molecule has 0 heterocycles. The molecule has 0 aliphatic heterocycles. The number of aliphatic hydroxyl groups excluding tert-OH is 4. The topological polar surface area (TPSA) is 118 Å². The van der Waals surface area contributed by atoms with Gasteiger partial charge in [-0.1, -0.05) is 118 Å². The van der Waals surface area contributed by atoms with E-state index in [-0.39, 0.29) is 77.9 Å². The Hall–Kier alpha value is -0.320. The highest BCUT2D eigenvalue weighted by atomic mass is 16.5. The summed E-state index contributed by atoms with van der Waals surface area (Å²) in [7, 11) is 0. The molecule has 0 radical (unpaired) electrons. The Kier molecular flexibility index (Phi) is 33.8. The molecule has 0 aromatic heterocycles. The summed E-state index contributed by atoms with van der Waals surface area (Å²) in [4.78, 5) is 0. The maximum absolute atomic E-state index is 9.06. The van der Waals surface area contributed by atoms with Crippen LogP contribution in [0.15, 0.2) is 0 Å². The predicted molar refractivity (Wildman–Crippen MR) is 230 cm³/mol. The minimum atomic E-state index is -0.366. The third-order valence-electron chi connectivity index (χ3n) is 10.7. The van der Waals surface area contributed by atoms with Gasteiger partial charge >= 0.3 is 0 Å². The third-order valence-corrected chi connectivity index (χ3v) is 10.7. The van der Waals surface area contributed by atoms with Crippen molar-refractivity contribution in [3.8, 4) is 0 Å². The van der Waals surface area contributed by atoms with Gasteiger partial charge in [-0.25, -0.2) is 0 Å². The smallest absolute Gasteiger partial charge is 0.0745 e. The van der Waals surface area contributed by atoms with Crippen LogP contribution in [0.1, 0.15) is 174 Å². The Labute approximate surface area is 332 Å². The lowest BCUT2D eigenvalue weighted by molar-refractivity contribution is -0.0398. The van der Waals surface area contributed by atoms with Gasteiger partial charge in [0, 0.05) is 0 Å². The fourth-order valence-corrected chi connectivity index (χ4v) is 4.56. The predicted octanol–water partition coefficient (Wildman–Crippen LogP) is 10.5. The Morgan fingerprint density at radius 2 is 0.415 bits per heavy atom. The zero-order chi connectivity index (χ0) is 42.6. The molecule has 0 rings (SSSR count). The fraction of sp³-hybridized carbons (Fsp3) is 1.00. The Bertz CT molecular complexity index is 678. The highest BCUT2D eigenvalue weighted by Gasteiger charge is 2.28. The standard InChI is InChI=1S/4C11H24O2.CH4/c4*1-8(12)7-13-10(3)9(2)11(4,5)6;/h4*8-10,12H,7H2,1-6H3;1H4/t2*8-,9+,10-;2*8-,9-,10+;/m1010./s1. The van der Waals surface area contributed by atoms with Crippen molar-refractivity contribution in [3.05, 3.63) is 0 Å². The summed E-state index contributed by atoms with van der Waals surface area (Å²) >= 11 is 0. The summed E-state index contributed by atoms with van der Waals surface area (Å²) < 4.78 is 22.2. The van der Waals surface area contributed by atoms with Crippen molar-refractivity contribution in [1.82, 2.24) is 0 Å². The van der Waals surface area contributed by atoms with E-state index in [4.69, 9.17) is 39.4 Å². The van der Waals surface area contributed by atoms with Gasteiger partial charge in [-0.2, -0.15) is 0 Å². The average molecular weight is 769 g/mol. The van der Waals surface area contributed by atoms with Crippen LogP contribution in [0.25, 0.3) is 0 Å². The fourth-order valence-electron chi connectivity index (χ4n) is 4.56. The van der Waals surface area contributed by atoms with Crippen LogP contribution in [0.4, 0.5) is 0 Å². The van der Waals surface area contributed by atoms with Crippen LogP contribution in [-0.4, -0.2) is 95.7 Å². The molecule has 53 heavy (non-hydrogen) atoms. The highest BCUT2D eigenvalue weighted by Crippen LogP contribution is 2.32. The minimum Gasteiger partial charge on any atom is -0.391 e. The van der Waals surface area contributed by atoms with E-state index >= 15 is 0 Å². The monoisotopic (exact) mass is 769 g/mol. The molecule has 0 unspecified atom stereocenters. The first-order chi connectivity index (χ1) is 23.0. The van der Waals surface area contributed by atoms with Gasteiger partial charge in [0.15, 0.2) is 0 Å². The number of hydrogen-bond donors (Lipinski definition) is 4. The zero-order valence-electron chi connectivity index (χ0n) is 39.2. The molecule has 0 aliphatic carbocycles. The molecule has 0 aliphatic rings. The SMILES string of the molecule is C.C[C@@H](O)CO[C@H](C)[C@H](C)C(C)(C)C.C[C@H](O)CO[C@@H](C)[C@@H](C)C(C)(C)C.C[C@H](O)CO[C@H](C)[C@H](C)C(C)(C)C.C[C@H](OC[C@@H](C)O)[C@@H](C)C(C)(C)C. The lowest BCUT2D eigenvalue weighted by Crippen LogP contribution is -2.31. The van der Waals surface area contributed by atoms with Gasteiger partial charge in [0.05, 0.1) is 75.3 Å². The molecule has 0 aromatic rings. The van der Waals surface area contributed by atoms with Crippen LogP contribution in [-0.2, 0) is 18.9 Å². The molecule has 0 spiro atoms. The molecule has 0 aromatic carbocycles. The maximum atomic E-state index is 9.06. The van der Waals surface area contributed by atoms with Crippen molar-refractivity contribution < 1.29 is 39.4 Å². The maximum Gasteiger partial charge on any atom is 0.0745 e. The van der Waals surface area contributed by atoms with E-state index in [1.807, 2.05) is 0 Å². The van der Waals surface area contributed by atoms with Crippen molar-refractivity contribution in [2.75, 3.05) is 26.4 Å². The van der Waals surface area contributed by atoms with Crippen molar-refractivity contribution in [1.29, 1.82) is 0 Å². The Morgan fingerprint density at radius 3 is 0.491 bits per heavy atom. The number of aliphatic hydroxyl groups is 4. The molecule has 0 fully saturated rings. The van der Waals surface area contributed by atoms with Crippen LogP contribution < -0.4 is 0 Å². The largest absolute Gasteiger partial charge is 0.391 e. The summed E-state index contributed by atoms with van der Waals surface area (Å²) in [6, 6.07) is 0. The van der Waals surface area contributed by atoms with Crippen LogP contribution in [0, 0.1) is 45.3 Å². The quantitative estimate of drug-likeness (QED) is 0.123. The molecular weight excluding hydrogens is 668 g/mol. The van der Waals surface area contributed by atoms with E-state index in [0.29, 0.717) is 50.1 Å². The summed E-state index contributed by atoms with van der Waals surface area (Å²) in [5.41, 5.74) is 1.05. The van der Waals surface area contributed by atoms with Gasteiger partial charge in [-0.05, 0) is 101 Å². The first kappa shape index (κ1) is 61.9. The van der Waals surface area contributed by atoms with E-state index in [9.17, 15) is 0 Å². The molecular formula is C45H100O8. The van der Waals surface area contributed by atoms with Crippen molar-refractivity contribution in [2.24, 2.45) is 45.3 Å². The van der Waals surface area contributed by atoms with Gasteiger partial charge in [0.1, 0.15) is 0 Å². The second-order valence-electron chi connectivity index (χ2n) is 20.2. The minimum absolute atomic E-state index is 0. The normalized spacial score (nSPS) is 19.2. The molecule has 0 amide bonds. The summed E-state index contributed by atoms with van der Waals surface area (Å²) in [5.74, 6) is 1.97. The summed E-state index contributed by atoms with van der Waals surface area (Å²) in [5, 5.41) is 36.2. The van der Waals surface area contributed by atoms with Crippen LogP contribution in [0.3, 0.4) is 0 Å². The van der Waals surface area contributed by atoms with Gasteiger partial charge in [-0.15, -0.1) is 0 Å². The van der Waals surface area contributed by atoms with Gasteiger partial charge in [0.2, 0.25) is 0 Å². The molecule has 0 bridgehead atoms. The van der Waals surface area contributed by atoms with Crippen molar-refractivity contribution in [2.45, 2.75) is 222 Å². The first-order valence-corrected chi connectivity index (χ1v) is 20.2. The first-order valence-electron chi connectivity index (χ1n) is 20.2. The van der Waals surface area contributed by atoms with Crippen LogP contribution >= 0.6 is 0 Å². The van der Waals surface area contributed by atoms with Crippen LogP contribution in [0.5, 0.6) is 0 Å². The van der Waals surface area contributed by atoms with Crippen molar-refractivity contribution in [3.63, 3.8) is 0 Å². The molecule has 12 atom stereocenters. The highest BCUT2D eigenvalue weighted by molar-refractivity contribution is 4.77. The molecule has 8 nitrogen and oxygen atoms in total. The van der Waals surface area contributed by atoms with Crippen LogP contribution in [0.2, 0.25) is 0 Å². The van der Waals surface area contributed by atoms with Gasteiger partial charge in [0.25, 0.3) is 0 Å². The summed E-state index contributed by atoms with van der Waals surface area (Å²) in [6.45, 7) is 52.2. The zero-order valence-corrected chi connectivity index (χ0v) is 39.2. The Balaban J connectivity index is -0.000000192. The van der Waals surface area contributed by atoms with E-state index in [0.717, 1.165) is 0 Å². The lowest BCUT2D eigenvalue weighted by Gasteiger charge is -2.32. The molecule has 328 valence electrons. The number of rotatable bonds is 16. The average Bonchev–Trinajstić information content (AvgIpc) is 2.97. The van der Waals surface area contributed by atoms with Gasteiger partial charge in [-0.3, -0.25) is 0 Å². The van der Waals surface area contributed by atoms with Crippen molar-refractivity contribution >= 4 is 0 Å². The van der Waals surface area contributed by atoms with E-state index in [1.165, 1.54) is 0 Å². The van der Waals surface area contributed by atoms with Gasteiger partial charge < -0.3 is 39.4 Å². The third kappa shape index (κ3) is 35.8. The second kappa shape index (κ2) is 29.0. The second-order valence-corrected chi connectivity index (χ2v) is 20.2. The van der Waals surface area contributed by atoms with E-state index in [2.05, 4.69) is 138 Å². The Morgan fingerprint density at radius 1 is 0.302 bits per heavy atom. The lowest BCUT2D eigenvalue weighted by atomic mass is 9.79. The number of ether oxygens (including phenoxy) is 4. The summed E-state index contributed by atoms with van der Waals surface area (Å²) in [6.07, 6.45) is -0.651. The molecule has 8 heteroatoms. The molecule has 0 saturated carbocycles. The molecule has 4 N–H and O–H groups in total. The number of hydrogen-bond acceptors (Lipinski definition) is 8. The molecule has 0 saturated heterocycles. The van der Waals surface area contributed by atoms with E-state index < -0.39 is 0 Å².